The third-order valence-corrected chi connectivity index (χ3v) is 13.2. The zero-order valence-electron chi connectivity index (χ0n) is 46.2. The highest BCUT2D eigenvalue weighted by atomic mass is 16.3. The van der Waals surface area contributed by atoms with Gasteiger partial charge in [-0.2, -0.15) is 0 Å². The number of ketones is 3. The molecule has 20 N–H and O–H groups in total. The second-order valence-corrected chi connectivity index (χ2v) is 20.5. The largest absolute Gasteiger partial charge is 0.396 e. The Balaban J connectivity index is 3.72. The number of hydrogen-bond donors (Lipinski definition) is 16. The summed E-state index contributed by atoms with van der Waals surface area (Å²) in [7, 11) is 0. The quantitative estimate of drug-likeness (QED) is 0.0313. The molecule has 27 nitrogen and oxygen atoms in total. The van der Waals surface area contributed by atoms with Crippen LogP contribution in [0.15, 0.2) is 0 Å². The van der Waals surface area contributed by atoms with Gasteiger partial charge < -0.3 is 85.9 Å². The Morgan fingerprint density at radius 3 is 1.72 bits per heavy atom. The maximum absolute atomic E-state index is 14.3. The standard InChI is InChI=1S/C51H92N12O15/c1-6-7-8-9-10-11-34(68)23-31(12-17-52)44(71)62-42(29(4)66)41(70)25-33(26-64)46(73)58-38-16-21-56-51(78)43(30(5)67)63-49(76)37(15-20-55)59-47(74)36(14-19-54)60-50(77)39(27-65)61-45(72)32(22-28(2)3)24-40(69)35(13-18-53)57-48(38)75/h28-33,35-39,42-43,64-67H,6-27,52-55H2,1-5H3,(H,56,78)(H,57,75)(H,58,73)(H,59,74)(H,60,77)(H,61,72)(H,62,71)(H,63,76)/t29-,30-,31-,32+,33-,35+,36+,37+,38+,39+,42+,43+/m1/s1. The van der Waals surface area contributed by atoms with Gasteiger partial charge in [-0.25, -0.2) is 0 Å². The molecule has 12 atom stereocenters. The lowest BCUT2D eigenvalue weighted by molar-refractivity contribution is -0.138. The summed E-state index contributed by atoms with van der Waals surface area (Å²) in [6, 6.07) is -10.9. The first-order valence-corrected chi connectivity index (χ1v) is 27.3. The third-order valence-electron chi connectivity index (χ3n) is 13.2. The number of hydrogen-bond acceptors (Lipinski definition) is 19. The van der Waals surface area contributed by atoms with Gasteiger partial charge in [0.15, 0.2) is 11.6 Å². The van der Waals surface area contributed by atoms with Crippen molar-refractivity contribution in [3.05, 3.63) is 0 Å². The van der Waals surface area contributed by atoms with Gasteiger partial charge in [-0.1, -0.05) is 46.5 Å². The molecular weight excluding hydrogens is 1020 g/mol. The highest BCUT2D eigenvalue weighted by Gasteiger charge is 2.37. The van der Waals surface area contributed by atoms with Crippen LogP contribution in [0.5, 0.6) is 0 Å². The molecular formula is C51H92N12O15. The van der Waals surface area contributed by atoms with Crippen LogP contribution in [0.2, 0.25) is 0 Å². The van der Waals surface area contributed by atoms with Gasteiger partial charge in [-0.15, -0.1) is 0 Å². The molecule has 1 saturated heterocycles. The van der Waals surface area contributed by atoms with E-state index in [1.165, 1.54) is 13.8 Å². The normalized spacial score (nSPS) is 23.7. The van der Waals surface area contributed by atoms with Crippen LogP contribution in [-0.2, 0) is 52.7 Å². The van der Waals surface area contributed by atoms with Crippen molar-refractivity contribution >= 4 is 64.6 Å². The molecule has 0 spiro atoms. The predicted octanol–water partition coefficient (Wildman–Crippen LogP) is -4.83. The average molecular weight is 1110 g/mol. The number of nitrogens with one attached hydrogen (secondary N) is 8. The molecule has 8 amide bonds. The molecule has 27 heteroatoms. The van der Waals surface area contributed by atoms with E-state index in [9.17, 15) is 73.2 Å². The number of amides is 8. The van der Waals surface area contributed by atoms with Crippen LogP contribution in [-0.4, -0.2) is 185 Å². The predicted molar refractivity (Wildman–Crippen MR) is 286 cm³/mol. The molecule has 1 aliphatic rings. The summed E-state index contributed by atoms with van der Waals surface area (Å²) in [4.78, 5) is 151. The molecule has 0 unspecified atom stereocenters. The Hall–Kier alpha value is -5.55. The number of Topliss-reactive ketones (excluding diaryl/α,β-unsaturated/α-hetero) is 3. The van der Waals surface area contributed by atoms with Gasteiger partial charge >= 0.3 is 0 Å². The lowest BCUT2D eigenvalue weighted by Crippen LogP contribution is -2.60. The Labute approximate surface area is 457 Å². The summed E-state index contributed by atoms with van der Waals surface area (Å²) in [5, 5.41) is 61.6. The van der Waals surface area contributed by atoms with E-state index < -0.39 is 170 Å². The summed E-state index contributed by atoms with van der Waals surface area (Å²) < 4.78 is 0. The van der Waals surface area contributed by atoms with Crippen LogP contribution in [0.1, 0.15) is 131 Å². The van der Waals surface area contributed by atoms with Crippen molar-refractivity contribution in [3.63, 3.8) is 0 Å². The van der Waals surface area contributed by atoms with Crippen LogP contribution in [0.4, 0.5) is 0 Å². The SMILES string of the molecule is CCCCCCCC(=O)C[C@@H](CCN)C(=O)N[C@H](C(=O)C[C@H](CO)C(=O)N[C@H]1CCNC(=O)[C@H]([C@@H](C)O)NC(=O)[C@H](CCN)NC(=O)[C@H](CCN)NC(=O)[C@H](CO)NC(=O)[C@@H](CC(C)C)CC(=O)[C@H](CCN)NC1=O)[C@@H](C)O. The minimum atomic E-state index is -1.70. The third kappa shape index (κ3) is 25.5. The summed E-state index contributed by atoms with van der Waals surface area (Å²) in [6.07, 6.45) is -0.665. The second kappa shape index (κ2) is 38.1. The van der Waals surface area contributed by atoms with Crippen LogP contribution in [0.3, 0.4) is 0 Å². The molecule has 78 heavy (non-hydrogen) atoms. The van der Waals surface area contributed by atoms with Crippen molar-refractivity contribution in [2.24, 2.45) is 46.6 Å². The Morgan fingerprint density at radius 1 is 0.641 bits per heavy atom. The number of nitrogens with two attached hydrogens (primary N) is 4. The van der Waals surface area contributed by atoms with Gasteiger partial charge in [0, 0.05) is 44.1 Å². The van der Waals surface area contributed by atoms with Gasteiger partial charge in [0.2, 0.25) is 47.3 Å². The van der Waals surface area contributed by atoms with Gasteiger partial charge in [-0.05, 0) is 90.9 Å². The summed E-state index contributed by atoms with van der Waals surface area (Å²) in [5.74, 6) is -13.3. The van der Waals surface area contributed by atoms with Gasteiger partial charge in [0.25, 0.3) is 0 Å². The fourth-order valence-corrected chi connectivity index (χ4v) is 8.74. The van der Waals surface area contributed by atoms with Crippen LogP contribution in [0.25, 0.3) is 0 Å². The molecule has 0 radical (unpaired) electrons. The molecule has 0 aliphatic carbocycles. The Morgan fingerprint density at radius 2 is 1.19 bits per heavy atom. The van der Waals surface area contributed by atoms with Gasteiger partial charge in [0.1, 0.15) is 42.0 Å². The van der Waals surface area contributed by atoms with Crippen molar-refractivity contribution < 1.29 is 73.2 Å². The fraction of sp³-hybridized carbons (Fsp3) is 0.784. The lowest BCUT2D eigenvalue weighted by Gasteiger charge is -2.27. The van der Waals surface area contributed by atoms with Crippen LogP contribution < -0.4 is 65.5 Å². The highest BCUT2D eigenvalue weighted by molar-refractivity contribution is 5.99. The molecule has 0 aromatic carbocycles. The van der Waals surface area contributed by atoms with E-state index in [0.29, 0.717) is 6.42 Å². The summed E-state index contributed by atoms with van der Waals surface area (Å²) in [6.45, 7) is 5.10. The highest BCUT2D eigenvalue weighted by Crippen LogP contribution is 2.20. The van der Waals surface area contributed by atoms with Crippen molar-refractivity contribution in [2.45, 2.75) is 185 Å². The first-order valence-electron chi connectivity index (χ1n) is 27.3. The Kier molecular flexibility index (Phi) is 34.4. The first-order chi connectivity index (χ1) is 36.9. The Bertz CT molecular complexity index is 1960. The molecule has 1 rings (SSSR count). The summed E-state index contributed by atoms with van der Waals surface area (Å²) >= 11 is 0. The minimum absolute atomic E-state index is 0.0369. The number of carbonyl (C=O) groups excluding carboxylic acids is 11. The van der Waals surface area contributed by atoms with Crippen LogP contribution in [0, 0.1) is 23.7 Å². The second-order valence-electron chi connectivity index (χ2n) is 20.5. The zero-order valence-corrected chi connectivity index (χ0v) is 46.2. The van der Waals surface area contributed by atoms with E-state index >= 15 is 0 Å². The fourth-order valence-electron chi connectivity index (χ4n) is 8.74. The molecule has 1 heterocycles. The molecule has 0 bridgehead atoms. The average Bonchev–Trinajstić information content (AvgIpc) is 3.37. The monoisotopic (exact) mass is 1110 g/mol. The van der Waals surface area contributed by atoms with Gasteiger partial charge in [-0.3, -0.25) is 52.7 Å². The molecule has 446 valence electrons. The number of unbranched alkanes of at least 4 members (excludes halogenated alkanes) is 4. The van der Waals surface area contributed by atoms with Crippen LogP contribution >= 0.6 is 0 Å². The molecule has 0 aromatic rings. The van der Waals surface area contributed by atoms with E-state index in [1.54, 1.807) is 13.8 Å². The van der Waals surface area contributed by atoms with Crippen molar-refractivity contribution in [1.82, 2.24) is 42.5 Å². The summed E-state index contributed by atoms with van der Waals surface area (Å²) in [5.41, 5.74) is 23.1. The number of aliphatic hydroxyl groups excluding tert-OH is 4. The van der Waals surface area contributed by atoms with Crippen molar-refractivity contribution in [1.29, 1.82) is 0 Å². The molecule has 1 fully saturated rings. The lowest BCUT2D eigenvalue weighted by atomic mass is 9.89. The number of aliphatic hydroxyl groups is 4. The smallest absolute Gasteiger partial charge is 0.245 e. The van der Waals surface area contributed by atoms with Crippen molar-refractivity contribution in [2.75, 3.05) is 45.9 Å². The first kappa shape index (κ1) is 70.5. The zero-order chi connectivity index (χ0) is 59.1. The molecule has 0 saturated carbocycles. The minimum Gasteiger partial charge on any atom is -0.396 e. The van der Waals surface area contributed by atoms with E-state index in [0.717, 1.165) is 25.7 Å². The maximum Gasteiger partial charge on any atom is 0.245 e. The molecule has 1 aliphatic heterocycles. The van der Waals surface area contributed by atoms with E-state index in [4.69, 9.17) is 22.9 Å². The van der Waals surface area contributed by atoms with E-state index in [2.05, 4.69) is 49.5 Å². The topological polar surface area (TPSA) is 469 Å². The van der Waals surface area contributed by atoms with Crippen molar-refractivity contribution in [3.8, 4) is 0 Å². The van der Waals surface area contributed by atoms with E-state index in [1.807, 2.05) is 0 Å². The maximum atomic E-state index is 14.3. The molecule has 0 aromatic heterocycles. The number of rotatable bonds is 29. The van der Waals surface area contributed by atoms with E-state index in [-0.39, 0.29) is 82.8 Å². The van der Waals surface area contributed by atoms with Gasteiger partial charge in [0.05, 0.1) is 37.4 Å². The number of carbonyl (C=O) groups is 11.